The lowest BCUT2D eigenvalue weighted by atomic mass is 9.87. The van der Waals surface area contributed by atoms with E-state index in [1.54, 1.807) is 0 Å². The molecule has 0 aromatic heterocycles. The van der Waals surface area contributed by atoms with Crippen LogP contribution in [0.15, 0.2) is 0 Å². The minimum absolute atomic E-state index is 0.406. The lowest BCUT2D eigenvalue weighted by molar-refractivity contribution is -0.0269. The van der Waals surface area contributed by atoms with Gasteiger partial charge in [-0.05, 0) is 38.1 Å². The van der Waals surface area contributed by atoms with Gasteiger partial charge in [-0.25, -0.2) is 0 Å². The minimum atomic E-state index is 0.406. The van der Waals surface area contributed by atoms with E-state index >= 15 is 0 Å². The van der Waals surface area contributed by atoms with E-state index in [9.17, 15) is 0 Å². The molecule has 0 amide bonds. The molecular formula is C14H28N2O. The molecule has 1 aliphatic carbocycles. The Hall–Kier alpha value is -0.120. The largest absolute Gasteiger partial charge is 0.374 e. The smallest absolute Gasteiger partial charge is 0.0826 e. The molecule has 1 saturated carbocycles. The van der Waals surface area contributed by atoms with Crippen molar-refractivity contribution >= 4 is 0 Å². The molecule has 0 bridgehead atoms. The third kappa shape index (κ3) is 4.23. The normalized spacial score (nSPS) is 36.0. The molecule has 2 aliphatic rings. The number of nitrogens with zero attached hydrogens (tertiary/aromatic N) is 1. The van der Waals surface area contributed by atoms with Crippen LogP contribution in [-0.4, -0.2) is 49.8 Å². The molecule has 100 valence electrons. The van der Waals surface area contributed by atoms with E-state index in [1.807, 2.05) is 0 Å². The van der Waals surface area contributed by atoms with Crippen LogP contribution in [0.25, 0.3) is 0 Å². The topological polar surface area (TPSA) is 24.5 Å². The Labute approximate surface area is 106 Å². The zero-order valence-corrected chi connectivity index (χ0v) is 11.5. The summed E-state index contributed by atoms with van der Waals surface area (Å²) in [5.41, 5.74) is 0. The van der Waals surface area contributed by atoms with Gasteiger partial charge in [0.05, 0.1) is 12.7 Å². The third-order valence-corrected chi connectivity index (χ3v) is 4.32. The Balaban J connectivity index is 1.64. The van der Waals surface area contributed by atoms with E-state index in [1.165, 1.54) is 25.7 Å². The van der Waals surface area contributed by atoms with Crippen LogP contribution in [0, 0.1) is 5.92 Å². The van der Waals surface area contributed by atoms with Crippen LogP contribution < -0.4 is 5.32 Å². The maximum atomic E-state index is 5.82. The van der Waals surface area contributed by atoms with Crippen LogP contribution in [0.4, 0.5) is 0 Å². The first kappa shape index (κ1) is 13.3. The quantitative estimate of drug-likeness (QED) is 0.812. The van der Waals surface area contributed by atoms with Crippen molar-refractivity contribution in [1.82, 2.24) is 10.2 Å². The lowest BCUT2D eigenvalue weighted by Gasteiger charge is -2.34. The highest BCUT2D eigenvalue weighted by Crippen LogP contribution is 2.23. The summed E-state index contributed by atoms with van der Waals surface area (Å²) in [4.78, 5) is 2.48. The first-order valence-electron chi connectivity index (χ1n) is 7.35. The standard InChI is InChI=1S/C14H28N2O/c1-3-16-8-9-17-14(11-16)10-15-13-6-4-12(2)5-7-13/h12-15H,3-11H2,1-2H3. The summed E-state index contributed by atoms with van der Waals surface area (Å²) in [6, 6.07) is 0.742. The Morgan fingerprint density at radius 1 is 1.24 bits per heavy atom. The third-order valence-electron chi connectivity index (χ3n) is 4.32. The fourth-order valence-electron chi connectivity index (χ4n) is 2.95. The molecule has 0 aromatic rings. The fraction of sp³-hybridized carbons (Fsp3) is 1.00. The second kappa shape index (κ2) is 6.72. The molecule has 1 N–H and O–H groups in total. The maximum Gasteiger partial charge on any atom is 0.0826 e. The maximum absolute atomic E-state index is 5.82. The lowest BCUT2D eigenvalue weighted by Crippen LogP contribution is -2.48. The summed E-state index contributed by atoms with van der Waals surface area (Å²) >= 11 is 0. The number of rotatable bonds is 4. The first-order chi connectivity index (χ1) is 8.28. The number of nitrogens with one attached hydrogen (secondary N) is 1. The van der Waals surface area contributed by atoms with Crippen molar-refractivity contribution in [2.75, 3.05) is 32.8 Å². The van der Waals surface area contributed by atoms with E-state index in [0.29, 0.717) is 6.10 Å². The summed E-state index contributed by atoms with van der Waals surface area (Å²) in [5, 5.41) is 3.70. The van der Waals surface area contributed by atoms with E-state index < -0.39 is 0 Å². The van der Waals surface area contributed by atoms with E-state index in [4.69, 9.17) is 4.74 Å². The molecule has 2 rings (SSSR count). The number of ether oxygens (including phenoxy) is 1. The molecule has 0 radical (unpaired) electrons. The summed E-state index contributed by atoms with van der Waals surface area (Å²) in [6.45, 7) is 9.91. The average molecular weight is 240 g/mol. The Morgan fingerprint density at radius 2 is 2.00 bits per heavy atom. The predicted molar refractivity (Wildman–Crippen MR) is 71.3 cm³/mol. The van der Waals surface area contributed by atoms with Crippen molar-refractivity contribution in [2.24, 2.45) is 5.92 Å². The van der Waals surface area contributed by atoms with Crippen molar-refractivity contribution in [2.45, 2.75) is 51.7 Å². The molecule has 1 unspecified atom stereocenters. The molecule has 1 heterocycles. The van der Waals surface area contributed by atoms with Crippen LogP contribution in [0.5, 0.6) is 0 Å². The van der Waals surface area contributed by atoms with Crippen molar-refractivity contribution in [3.05, 3.63) is 0 Å². The average Bonchev–Trinajstić information content (AvgIpc) is 2.38. The molecule has 1 aliphatic heterocycles. The Kier molecular flexibility index (Phi) is 5.26. The van der Waals surface area contributed by atoms with Gasteiger partial charge in [0.1, 0.15) is 0 Å². The van der Waals surface area contributed by atoms with Gasteiger partial charge in [0.2, 0.25) is 0 Å². The van der Waals surface area contributed by atoms with Gasteiger partial charge < -0.3 is 10.1 Å². The molecule has 3 nitrogen and oxygen atoms in total. The molecule has 1 saturated heterocycles. The SMILES string of the molecule is CCN1CCOC(CNC2CCC(C)CC2)C1. The van der Waals surface area contributed by atoms with Crippen molar-refractivity contribution in [3.63, 3.8) is 0 Å². The van der Waals surface area contributed by atoms with Gasteiger partial charge in [0, 0.05) is 25.7 Å². The van der Waals surface area contributed by atoms with Gasteiger partial charge in [-0.2, -0.15) is 0 Å². The zero-order chi connectivity index (χ0) is 12.1. The molecule has 0 aromatic carbocycles. The van der Waals surface area contributed by atoms with Crippen molar-refractivity contribution in [1.29, 1.82) is 0 Å². The van der Waals surface area contributed by atoms with Gasteiger partial charge in [0.25, 0.3) is 0 Å². The van der Waals surface area contributed by atoms with Gasteiger partial charge >= 0.3 is 0 Å². The molecule has 17 heavy (non-hydrogen) atoms. The van der Waals surface area contributed by atoms with Crippen LogP contribution in [0.1, 0.15) is 39.5 Å². The van der Waals surface area contributed by atoms with Crippen LogP contribution >= 0.6 is 0 Å². The summed E-state index contributed by atoms with van der Waals surface area (Å²) in [6.07, 6.45) is 5.90. The highest BCUT2D eigenvalue weighted by atomic mass is 16.5. The van der Waals surface area contributed by atoms with Crippen LogP contribution in [0.2, 0.25) is 0 Å². The van der Waals surface area contributed by atoms with Gasteiger partial charge in [-0.15, -0.1) is 0 Å². The molecule has 1 atom stereocenters. The predicted octanol–water partition coefficient (Wildman–Crippen LogP) is 1.88. The number of hydrogen-bond donors (Lipinski definition) is 1. The van der Waals surface area contributed by atoms with E-state index in [0.717, 1.165) is 44.7 Å². The van der Waals surface area contributed by atoms with Gasteiger partial charge in [-0.1, -0.05) is 13.8 Å². The number of hydrogen-bond acceptors (Lipinski definition) is 3. The molecule has 2 fully saturated rings. The second-order valence-corrected chi connectivity index (χ2v) is 5.75. The molecular weight excluding hydrogens is 212 g/mol. The molecule has 3 heteroatoms. The monoisotopic (exact) mass is 240 g/mol. The van der Waals surface area contributed by atoms with E-state index in [-0.39, 0.29) is 0 Å². The highest BCUT2D eigenvalue weighted by Gasteiger charge is 2.22. The first-order valence-corrected chi connectivity index (χ1v) is 7.35. The van der Waals surface area contributed by atoms with Crippen LogP contribution in [0.3, 0.4) is 0 Å². The fourth-order valence-corrected chi connectivity index (χ4v) is 2.95. The summed E-state index contributed by atoms with van der Waals surface area (Å²) in [5.74, 6) is 0.939. The van der Waals surface area contributed by atoms with E-state index in [2.05, 4.69) is 24.1 Å². The minimum Gasteiger partial charge on any atom is -0.374 e. The number of likely N-dealkylation sites (N-methyl/N-ethyl adjacent to an activating group) is 1. The second-order valence-electron chi connectivity index (χ2n) is 5.75. The van der Waals surface area contributed by atoms with Gasteiger partial charge in [0.15, 0.2) is 0 Å². The van der Waals surface area contributed by atoms with Crippen LogP contribution in [-0.2, 0) is 4.74 Å². The number of morpholine rings is 1. The highest BCUT2D eigenvalue weighted by molar-refractivity contribution is 4.79. The Morgan fingerprint density at radius 3 is 2.71 bits per heavy atom. The van der Waals surface area contributed by atoms with Crippen molar-refractivity contribution in [3.8, 4) is 0 Å². The summed E-state index contributed by atoms with van der Waals surface area (Å²) < 4.78 is 5.82. The van der Waals surface area contributed by atoms with Gasteiger partial charge in [-0.3, -0.25) is 4.90 Å². The molecule has 0 spiro atoms. The zero-order valence-electron chi connectivity index (χ0n) is 11.5. The Bertz CT molecular complexity index is 214. The van der Waals surface area contributed by atoms with Crippen molar-refractivity contribution < 1.29 is 4.74 Å². The summed E-state index contributed by atoms with van der Waals surface area (Å²) in [7, 11) is 0.